The van der Waals surface area contributed by atoms with E-state index in [-0.39, 0.29) is 0 Å². The Morgan fingerprint density at radius 2 is 1.88 bits per heavy atom. The molecule has 0 saturated carbocycles. The molecule has 8 heavy (non-hydrogen) atoms. The van der Waals surface area contributed by atoms with Crippen molar-refractivity contribution in [3.8, 4) is 0 Å². The molecule has 0 aliphatic carbocycles. The lowest BCUT2D eigenvalue weighted by atomic mass is 9.91. The lowest BCUT2D eigenvalue weighted by molar-refractivity contribution is 0.481. The fourth-order valence-electron chi connectivity index (χ4n) is 0.488. The van der Waals surface area contributed by atoms with E-state index >= 15 is 0 Å². The predicted molar refractivity (Wildman–Crippen MR) is 42.2 cm³/mol. The van der Waals surface area contributed by atoms with Gasteiger partial charge in [0.2, 0.25) is 0 Å². The van der Waals surface area contributed by atoms with E-state index in [1.807, 2.05) is 0 Å². The molecule has 0 fully saturated rings. The Kier molecular flexibility index (Phi) is 3.70. The van der Waals surface area contributed by atoms with Crippen molar-refractivity contribution in [3.63, 3.8) is 0 Å². The molecular formula is C7H14Br. The molecule has 0 aromatic rings. The highest BCUT2D eigenvalue weighted by molar-refractivity contribution is 9.09. The largest absolute Gasteiger partial charge is 0.0928 e. The second-order valence-electron chi connectivity index (χ2n) is 3.05. The van der Waals surface area contributed by atoms with Crippen LogP contribution in [0.5, 0.6) is 0 Å². The van der Waals surface area contributed by atoms with Crippen LogP contribution < -0.4 is 0 Å². The second kappa shape index (κ2) is 3.49. The van der Waals surface area contributed by atoms with E-state index in [0.29, 0.717) is 5.41 Å². The molecule has 0 aromatic heterocycles. The van der Waals surface area contributed by atoms with E-state index in [0.717, 1.165) is 5.33 Å². The van der Waals surface area contributed by atoms with Crippen molar-refractivity contribution in [1.82, 2.24) is 0 Å². The molecule has 49 valence electrons. The molecule has 0 atom stereocenters. The second-order valence-corrected chi connectivity index (χ2v) is 3.84. The predicted octanol–water partition coefficient (Wildman–Crippen LogP) is 3.02. The SMILES string of the molecule is CC(C)(C)[CH]CCBr. The van der Waals surface area contributed by atoms with Crippen LogP contribution in [0.1, 0.15) is 27.2 Å². The molecule has 0 heterocycles. The summed E-state index contributed by atoms with van der Waals surface area (Å²) in [5, 5.41) is 1.09. The van der Waals surface area contributed by atoms with Gasteiger partial charge in [0.15, 0.2) is 0 Å². The van der Waals surface area contributed by atoms with E-state index in [1.165, 1.54) is 6.42 Å². The molecule has 0 nitrogen and oxygen atoms in total. The summed E-state index contributed by atoms with van der Waals surface area (Å²) < 4.78 is 0. The smallest absolute Gasteiger partial charge is 0.00342 e. The maximum absolute atomic E-state index is 3.37. The van der Waals surface area contributed by atoms with Gasteiger partial charge in [-0.2, -0.15) is 0 Å². The number of halogens is 1. The zero-order valence-electron chi connectivity index (χ0n) is 5.87. The number of alkyl halides is 1. The molecule has 0 rings (SSSR count). The van der Waals surface area contributed by atoms with Crippen molar-refractivity contribution < 1.29 is 0 Å². The van der Waals surface area contributed by atoms with E-state index in [9.17, 15) is 0 Å². The zero-order chi connectivity index (χ0) is 6.62. The van der Waals surface area contributed by atoms with Crippen LogP contribution in [0.4, 0.5) is 0 Å². The summed E-state index contributed by atoms with van der Waals surface area (Å²) >= 11 is 3.37. The van der Waals surface area contributed by atoms with E-state index in [4.69, 9.17) is 0 Å². The molecule has 0 unspecified atom stereocenters. The quantitative estimate of drug-likeness (QED) is 0.570. The number of rotatable bonds is 2. The minimum atomic E-state index is 0.397. The van der Waals surface area contributed by atoms with Crippen molar-refractivity contribution in [2.75, 3.05) is 5.33 Å². The highest BCUT2D eigenvalue weighted by Crippen LogP contribution is 2.19. The highest BCUT2D eigenvalue weighted by atomic mass is 79.9. The third kappa shape index (κ3) is 6.48. The van der Waals surface area contributed by atoms with E-state index < -0.39 is 0 Å². The third-order valence-electron chi connectivity index (χ3n) is 0.866. The van der Waals surface area contributed by atoms with Crippen molar-refractivity contribution in [2.24, 2.45) is 5.41 Å². The summed E-state index contributed by atoms with van der Waals surface area (Å²) in [4.78, 5) is 0. The van der Waals surface area contributed by atoms with Crippen LogP contribution in [0, 0.1) is 11.8 Å². The molecule has 1 heteroatoms. The fraction of sp³-hybridized carbons (Fsp3) is 0.857. The van der Waals surface area contributed by atoms with Gasteiger partial charge in [0.1, 0.15) is 0 Å². The Bertz CT molecular complexity index is 51.9. The Labute approximate surface area is 60.8 Å². The first-order valence-electron chi connectivity index (χ1n) is 2.96. The molecule has 0 aliphatic heterocycles. The Morgan fingerprint density at radius 1 is 1.38 bits per heavy atom. The number of hydrogen-bond donors (Lipinski definition) is 0. The van der Waals surface area contributed by atoms with Crippen LogP contribution in [-0.2, 0) is 0 Å². The highest BCUT2D eigenvalue weighted by Gasteiger charge is 2.07. The molecule has 0 amide bonds. The van der Waals surface area contributed by atoms with Gasteiger partial charge in [0.25, 0.3) is 0 Å². The average Bonchev–Trinajstić information content (AvgIpc) is 1.59. The summed E-state index contributed by atoms with van der Waals surface area (Å²) in [6, 6.07) is 0. The fourth-order valence-corrected chi connectivity index (χ4v) is 0.716. The molecule has 1 radical (unpaired) electrons. The summed E-state index contributed by atoms with van der Waals surface area (Å²) in [5.41, 5.74) is 0.397. The zero-order valence-corrected chi connectivity index (χ0v) is 7.46. The standard InChI is InChI=1S/C7H14Br/c1-7(2,3)5-4-6-8/h5H,4,6H2,1-3H3. The van der Waals surface area contributed by atoms with Crippen molar-refractivity contribution in [3.05, 3.63) is 6.42 Å². The van der Waals surface area contributed by atoms with Gasteiger partial charge in [0, 0.05) is 5.33 Å². The Hall–Kier alpha value is 0.480. The summed E-state index contributed by atoms with van der Waals surface area (Å²) in [5.74, 6) is 0. The van der Waals surface area contributed by atoms with Gasteiger partial charge >= 0.3 is 0 Å². The van der Waals surface area contributed by atoms with Crippen molar-refractivity contribution >= 4 is 15.9 Å². The lowest BCUT2D eigenvalue weighted by Crippen LogP contribution is -2.05. The number of hydrogen-bond acceptors (Lipinski definition) is 0. The van der Waals surface area contributed by atoms with Crippen molar-refractivity contribution in [1.29, 1.82) is 0 Å². The van der Waals surface area contributed by atoms with Crippen LogP contribution >= 0.6 is 15.9 Å². The average molecular weight is 178 g/mol. The summed E-state index contributed by atoms with van der Waals surface area (Å²) in [7, 11) is 0. The van der Waals surface area contributed by atoms with Crippen LogP contribution in [0.15, 0.2) is 0 Å². The molecule has 0 saturated heterocycles. The minimum absolute atomic E-state index is 0.397. The first-order chi connectivity index (χ1) is 3.56. The normalized spacial score (nSPS) is 12.0. The minimum Gasteiger partial charge on any atom is -0.0928 e. The van der Waals surface area contributed by atoms with Gasteiger partial charge < -0.3 is 0 Å². The maximum Gasteiger partial charge on any atom is 0.00342 e. The lowest BCUT2D eigenvalue weighted by Gasteiger charge is -2.15. The summed E-state index contributed by atoms with van der Waals surface area (Å²) in [6.45, 7) is 6.65. The van der Waals surface area contributed by atoms with Gasteiger partial charge in [-0.3, -0.25) is 0 Å². The van der Waals surface area contributed by atoms with Crippen LogP contribution in [0.25, 0.3) is 0 Å². The van der Waals surface area contributed by atoms with Gasteiger partial charge in [-0.05, 0) is 18.3 Å². The van der Waals surface area contributed by atoms with E-state index in [1.54, 1.807) is 0 Å². The van der Waals surface area contributed by atoms with Gasteiger partial charge in [0.05, 0.1) is 0 Å². The summed E-state index contributed by atoms with van der Waals surface area (Å²) in [6.07, 6.45) is 3.49. The van der Waals surface area contributed by atoms with Gasteiger partial charge in [-0.1, -0.05) is 36.7 Å². The molecule has 0 spiro atoms. The van der Waals surface area contributed by atoms with Crippen molar-refractivity contribution in [2.45, 2.75) is 27.2 Å². The van der Waals surface area contributed by atoms with Crippen LogP contribution in [0.3, 0.4) is 0 Å². The molecule has 0 bridgehead atoms. The van der Waals surface area contributed by atoms with Gasteiger partial charge in [-0.15, -0.1) is 0 Å². The Morgan fingerprint density at radius 3 is 2.00 bits per heavy atom. The van der Waals surface area contributed by atoms with Crippen LogP contribution in [0.2, 0.25) is 0 Å². The third-order valence-corrected chi connectivity index (χ3v) is 1.32. The topological polar surface area (TPSA) is 0 Å². The van der Waals surface area contributed by atoms with E-state index in [2.05, 4.69) is 43.1 Å². The molecule has 0 aromatic carbocycles. The van der Waals surface area contributed by atoms with Gasteiger partial charge in [-0.25, -0.2) is 0 Å². The van der Waals surface area contributed by atoms with Crippen LogP contribution in [-0.4, -0.2) is 5.33 Å². The Balaban J connectivity index is 3.11. The maximum atomic E-state index is 3.37. The molecule has 0 N–H and O–H groups in total. The molecular weight excluding hydrogens is 164 g/mol. The molecule has 0 aliphatic rings. The monoisotopic (exact) mass is 177 g/mol. The first-order valence-corrected chi connectivity index (χ1v) is 4.09. The first kappa shape index (κ1) is 8.48.